The van der Waals surface area contributed by atoms with Gasteiger partial charge >= 0.3 is 0 Å². The van der Waals surface area contributed by atoms with Crippen LogP contribution in [-0.2, 0) is 14.8 Å². The highest BCUT2D eigenvalue weighted by molar-refractivity contribution is 7.92. The van der Waals surface area contributed by atoms with Crippen LogP contribution in [-0.4, -0.2) is 26.6 Å². The number of nitrogens with zero attached hydrogens (tertiary/aromatic N) is 1. The van der Waals surface area contributed by atoms with Gasteiger partial charge in [0.05, 0.1) is 18.0 Å². The fourth-order valence-corrected chi connectivity index (χ4v) is 4.68. The normalized spacial score (nSPS) is 13.6. The third-order valence-corrected chi connectivity index (χ3v) is 6.07. The van der Waals surface area contributed by atoms with Crippen molar-refractivity contribution >= 4 is 33.2 Å². The van der Waals surface area contributed by atoms with Crippen LogP contribution in [0.5, 0.6) is 0 Å². The first kappa shape index (κ1) is 22.2. The zero-order valence-electron chi connectivity index (χ0n) is 16.9. The van der Waals surface area contributed by atoms with Crippen molar-refractivity contribution in [1.82, 2.24) is 5.32 Å². The van der Waals surface area contributed by atoms with E-state index < -0.39 is 16.1 Å². The molecule has 0 aliphatic rings. The van der Waals surface area contributed by atoms with E-state index in [1.165, 1.54) is 0 Å². The zero-order chi connectivity index (χ0) is 21.1. The molecule has 0 radical (unpaired) electrons. The molecule has 152 valence electrons. The Morgan fingerprint density at radius 1 is 1.18 bits per heavy atom. The lowest BCUT2D eigenvalue weighted by Crippen LogP contribution is -2.49. The van der Waals surface area contributed by atoms with Crippen molar-refractivity contribution in [1.29, 1.82) is 0 Å². The van der Waals surface area contributed by atoms with Gasteiger partial charge < -0.3 is 5.32 Å². The van der Waals surface area contributed by atoms with Crippen LogP contribution in [0.15, 0.2) is 42.5 Å². The molecule has 0 aliphatic carbocycles. The van der Waals surface area contributed by atoms with E-state index in [2.05, 4.69) is 5.32 Å². The Morgan fingerprint density at radius 2 is 1.86 bits per heavy atom. The topological polar surface area (TPSA) is 66.5 Å². The van der Waals surface area contributed by atoms with Gasteiger partial charge in [-0.05, 0) is 56.5 Å². The summed E-state index contributed by atoms with van der Waals surface area (Å²) in [6.07, 6.45) is 1.42. The summed E-state index contributed by atoms with van der Waals surface area (Å²) < 4.78 is 26.2. The maximum Gasteiger partial charge on any atom is 0.244 e. The largest absolute Gasteiger partial charge is 0.348 e. The van der Waals surface area contributed by atoms with Gasteiger partial charge in [0, 0.05) is 5.02 Å². The van der Waals surface area contributed by atoms with Crippen LogP contribution in [0.3, 0.4) is 0 Å². The number of anilines is 1. The summed E-state index contributed by atoms with van der Waals surface area (Å²) in [7, 11) is -3.69. The van der Waals surface area contributed by atoms with Crippen LogP contribution in [0, 0.1) is 13.8 Å². The summed E-state index contributed by atoms with van der Waals surface area (Å²) in [4.78, 5) is 13.1. The molecule has 1 amide bonds. The molecular weight excluding hydrogens is 396 g/mol. The van der Waals surface area contributed by atoms with Gasteiger partial charge in [0.1, 0.15) is 6.04 Å². The number of nitrogens with one attached hydrogen (secondary N) is 1. The first-order valence-electron chi connectivity index (χ1n) is 9.17. The van der Waals surface area contributed by atoms with E-state index in [4.69, 9.17) is 11.6 Å². The number of benzene rings is 2. The number of aryl methyl sites for hydroxylation is 2. The van der Waals surface area contributed by atoms with E-state index in [0.717, 1.165) is 27.3 Å². The molecule has 0 heterocycles. The van der Waals surface area contributed by atoms with Crippen molar-refractivity contribution in [3.63, 3.8) is 0 Å². The highest BCUT2D eigenvalue weighted by Gasteiger charge is 2.32. The molecule has 0 unspecified atom stereocenters. The minimum Gasteiger partial charge on any atom is -0.348 e. The molecule has 0 bridgehead atoms. The fourth-order valence-electron chi connectivity index (χ4n) is 3.29. The SMILES string of the molecule is CC[C@H](C(=O)N[C@H](C)c1cc(C)ccc1C)N(c1cccc(Cl)c1)S(C)(=O)=O. The number of hydrogen-bond acceptors (Lipinski definition) is 3. The summed E-state index contributed by atoms with van der Waals surface area (Å²) >= 11 is 6.04. The number of halogens is 1. The molecular formula is C21H27ClN2O3S. The average Bonchev–Trinajstić information content (AvgIpc) is 2.60. The minimum atomic E-state index is -3.69. The van der Waals surface area contributed by atoms with Gasteiger partial charge in [0.2, 0.25) is 15.9 Å². The van der Waals surface area contributed by atoms with Crippen LogP contribution in [0.25, 0.3) is 0 Å². The van der Waals surface area contributed by atoms with Crippen molar-refractivity contribution in [2.24, 2.45) is 0 Å². The zero-order valence-corrected chi connectivity index (χ0v) is 18.4. The first-order valence-corrected chi connectivity index (χ1v) is 11.4. The maximum atomic E-state index is 13.1. The molecule has 2 aromatic rings. The van der Waals surface area contributed by atoms with Crippen molar-refractivity contribution in [2.75, 3.05) is 10.6 Å². The molecule has 0 saturated heterocycles. The van der Waals surface area contributed by atoms with Crippen LogP contribution >= 0.6 is 11.6 Å². The van der Waals surface area contributed by atoms with Gasteiger partial charge in [-0.2, -0.15) is 0 Å². The summed E-state index contributed by atoms with van der Waals surface area (Å²) in [5, 5.41) is 3.38. The Bertz CT molecular complexity index is 960. The third kappa shape index (κ3) is 5.26. The average molecular weight is 423 g/mol. The standard InChI is InChI=1S/C21H27ClN2O3S/c1-6-20(24(28(5,26)27)18-9-7-8-17(22)13-18)21(25)23-16(4)19-12-14(2)10-11-15(19)3/h7-13,16,20H,6H2,1-5H3,(H,23,25)/t16-,20-/m1/s1. The molecule has 0 spiro atoms. The second-order valence-electron chi connectivity index (χ2n) is 7.05. The van der Waals surface area contributed by atoms with E-state index in [1.54, 1.807) is 31.2 Å². The predicted octanol–water partition coefficient (Wildman–Crippen LogP) is 4.38. The highest BCUT2D eigenvalue weighted by Crippen LogP contribution is 2.26. The Balaban J connectivity index is 2.35. The molecule has 7 heteroatoms. The van der Waals surface area contributed by atoms with Crippen molar-refractivity contribution in [3.05, 3.63) is 64.2 Å². The van der Waals surface area contributed by atoms with Gasteiger partial charge in [-0.15, -0.1) is 0 Å². The van der Waals surface area contributed by atoms with Gasteiger partial charge in [0.25, 0.3) is 0 Å². The summed E-state index contributed by atoms with van der Waals surface area (Å²) in [6, 6.07) is 11.5. The Hall–Kier alpha value is -2.05. The summed E-state index contributed by atoms with van der Waals surface area (Å²) in [6.45, 7) is 7.67. The second kappa shape index (κ2) is 8.97. The molecule has 0 aliphatic heterocycles. The number of sulfonamides is 1. The minimum absolute atomic E-state index is 0.248. The predicted molar refractivity (Wildman–Crippen MR) is 115 cm³/mol. The number of rotatable bonds is 7. The first-order chi connectivity index (χ1) is 13.0. The van der Waals surface area contributed by atoms with Crippen LogP contribution in [0.1, 0.15) is 43.0 Å². The van der Waals surface area contributed by atoms with E-state index in [9.17, 15) is 13.2 Å². The van der Waals surface area contributed by atoms with E-state index in [-0.39, 0.29) is 11.9 Å². The third-order valence-electron chi connectivity index (χ3n) is 4.65. The second-order valence-corrected chi connectivity index (χ2v) is 9.35. The molecule has 0 fully saturated rings. The monoisotopic (exact) mass is 422 g/mol. The van der Waals surface area contributed by atoms with Gasteiger partial charge in [-0.3, -0.25) is 9.10 Å². The summed E-state index contributed by atoms with van der Waals surface area (Å²) in [5.74, 6) is -0.346. The van der Waals surface area contributed by atoms with Gasteiger partial charge in [-0.25, -0.2) is 8.42 Å². The summed E-state index contributed by atoms with van der Waals surface area (Å²) in [5.41, 5.74) is 3.56. The molecule has 0 aromatic heterocycles. The van der Waals surface area contributed by atoms with E-state index in [0.29, 0.717) is 17.1 Å². The maximum absolute atomic E-state index is 13.1. The highest BCUT2D eigenvalue weighted by atomic mass is 35.5. The number of carbonyl (C=O) groups is 1. The van der Waals surface area contributed by atoms with E-state index in [1.807, 2.05) is 39.0 Å². The van der Waals surface area contributed by atoms with E-state index >= 15 is 0 Å². The molecule has 2 aromatic carbocycles. The fraction of sp³-hybridized carbons (Fsp3) is 0.381. The Kier molecular flexibility index (Phi) is 7.12. The number of amides is 1. The van der Waals surface area contributed by atoms with Gasteiger partial charge in [-0.1, -0.05) is 48.4 Å². The molecule has 2 atom stereocenters. The smallest absolute Gasteiger partial charge is 0.244 e. The molecule has 28 heavy (non-hydrogen) atoms. The van der Waals surface area contributed by atoms with Crippen molar-refractivity contribution in [2.45, 2.75) is 46.2 Å². The lowest BCUT2D eigenvalue weighted by molar-refractivity contribution is -0.122. The number of hydrogen-bond donors (Lipinski definition) is 1. The Labute approximate surface area is 172 Å². The lowest BCUT2D eigenvalue weighted by atomic mass is 9.99. The van der Waals surface area contributed by atoms with Crippen molar-refractivity contribution < 1.29 is 13.2 Å². The molecule has 0 saturated carbocycles. The molecule has 5 nitrogen and oxygen atoms in total. The molecule has 2 rings (SSSR count). The van der Waals surface area contributed by atoms with Crippen LogP contribution in [0.2, 0.25) is 5.02 Å². The van der Waals surface area contributed by atoms with Crippen LogP contribution in [0.4, 0.5) is 5.69 Å². The van der Waals surface area contributed by atoms with Crippen molar-refractivity contribution in [3.8, 4) is 0 Å². The lowest BCUT2D eigenvalue weighted by Gasteiger charge is -2.31. The van der Waals surface area contributed by atoms with Gasteiger partial charge in [0.15, 0.2) is 0 Å². The Morgan fingerprint density at radius 3 is 2.43 bits per heavy atom. The molecule has 1 N–H and O–H groups in total. The van der Waals surface area contributed by atoms with Crippen LogP contribution < -0.4 is 9.62 Å². The number of carbonyl (C=O) groups excluding carboxylic acids is 1. The quantitative estimate of drug-likeness (QED) is 0.720.